The monoisotopic (exact) mass is 370 g/mol. The summed E-state index contributed by atoms with van der Waals surface area (Å²) < 4.78 is 37.6. The Balaban J connectivity index is 1.76. The van der Waals surface area contributed by atoms with E-state index in [4.69, 9.17) is 0 Å². The van der Waals surface area contributed by atoms with Gasteiger partial charge in [-0.3, -0.25) is 10.2 Å². The maximum absolute atomic E-state index is 13.4. The second kappa shape index (κ2) is 7.47. The van der Waals surface area contributed by atoms with Gasteiger partial charge in [0.2, 0.25) is 0 Å². The van der Waals surface area contributed by atoms with Gasteiger partial charge in [0, 0.05) is 5.56 Å². The first-order valence-corrected chi connectivity index (χ1v) is 9.17. The summed E-state index contributed by atoms with van der Waals surface area (Å²) in [6, 6.07) is 20.1. The molecular weight excluding hydrogens is 355 g/mol. The Labute approximate surface area is 150 Å². The normalized spacial score (nSPS) is 11.1. The van der Waals surface area contributed by atoms with E-state index in [1.165, 1.54) is 30.3 Å². The number of benzene rings is 3. The lowest BCUT2D eigenvalue weighted by Gasteiger charge is -2.09. The number of carbonyl (C=O) groups excluding carboxylic acids is 1. The zero-order chi connectivity index (χ0) is 18.6. The van der Waals surface area contributed by atoms with Gasteiger partial charge in [-0.1, -0.05) is 42.5 Å². The van der Waals surface area contributed by atoms with Crippen molar-refractivity contribution in [2.45, 2.75) is 4.90 Å². The summed E-state index contributed by atoms with van der Waals surface area (Å²) in [6.45, 7) is 0. The van der Waals surface area contributed by atoms with Crippen LogP contribution < -0.4 is 10.3 Å². The van der Waals surface area contributed by atoms with Gasteiger partial charge in [-0.05, 0) is 47.5 Å². The van der Waals surface area contributed by atoms with Gasteiger partial charge in [0.05, 0.1) is 4.90 Å². The minimum absolute atomic E-state index is 0.0359. The first kappa shape index (κ1) is 17.8. The van der Waals surface area contributed by atoms with Gasteiger partial charge in [-0.25, -0.2) is 12.8 Å². The van der Waals surface area contributed by atoms with E-state index in [-0.39, 0.29) is 16.3 Å². The molecule has 0 aromatic heterocycles. The summed E-state index contributed by atoms with van der Waals surface area (Å²) in [6.07, 6.45) is 0. The van der Waals surface area contributed by atoms with Crippen molar-refractivity contribution in [3.8, 4) is 11.1 Å². The molecule has 0 fully saturated rings. The number of rotatable bonds is 5. The summed E-state index contributed by atoms with van der Waals surface area (Å²) in [5.74, 6) is -1.00. The molecule has 5 nitrogen and oxygen atoms in total. The van der Waals surface area contributed by atoms with Crippen LogP contribution in [0.2, 0.25) is 0 Å². The summed E-state index contributed by atoms with van der Waals surface area (Å²) >= 11 is 0. The lowest BCUT2D eigenvalue weighted by molar-refractivity contribution is 0.0945. The number of hydrazine groups is 1. The van der Waals surface area contributed by atoms with Crippen molar-refractivity contribution in [1.82, 2.24) is 10.3 Å². The van der Waals surface area contributed by atoms with Crippen LogP contribution in [0.3, 0.4) is 0 Å². The Bertz CT molecular complexity index is 1040. The molecule has 132 valence electrons. The van der Waals surface area contributed by atoms with Gasteiger partial charge < -0.3 is 0 Å². The molecule has 26 heavy (non-hydrogen) atoms. The minimum Gasteiger partial charge on any atom is -0.273 e. The number of hydrogen-bond donors (Lipinski definition) is 2. The zero-order valence-corrected chi connectivity index (χ0v) is 14.3. The molecule has 0 aliphatic heterocycles. The first-order chi connectivity index (χ1) is 12.5. The molecule has 3 rings (SSSR count). The minimum atomic E-state index is -3.86. The Kier molecular flexibility index (Phi) is 5.11. The molecule has 7 heteroatoms. The van der Waals surface area contributed by atoms with E-state index >= 15 is 0 Å². The third kappa shape index (κ3) is 4.14. The molecule has 0 atom stereocenters. The number of amides is 1. The number of sulfonamides is 1. The molecule has 3 aromatic rings. The van der Waals surface area contributed by atoms with Crippen molar-refractivity contribution in [3.63, 3.8) is 0 Å². The molecule has 0 aliphatic rings. The van der Waals surface area contributed by atoms with Crippen molar-refractivity contribution in [3.05, 3.63) is 90.2 Å². The molecule has 3 aromatic carbocycles. The Hall–Kier alpha value is -3.03. The van der Waals surface area contributed by atoms with Crippen LogP contribution in [0, 0.1) is 5.82 Å². The third-order valence-corrected chi connectivity index (χ3v) is 4.90. The van der Waals surface area contributed by atoms with Gasteiger partial charge >= 0.3 is 0 Å². The molecule has 0 saturated carbocycles. The van der Waals surface area contributed by atoms with Crippen LogP contribution in [0.25, 0.3) is 11.1 Å². The Morgan fingerprint density at radius 3 is 2.15 bits per heavy atom. The van der Waals surface area contributed by atoms with Gasteiger partial charge in [0.25, 0.3) is 15.9 Å². The van der Waals surface area contributed by atoms with Gasteiger partial charge in [-0.2, -0.15) is 0 Å². The highest BCUT2D eigenvalue weighted by molar-refractivity contribution is 7.89. The van der Waals surface area contributed by atoms with E-state index in [0.717, 1.165) is 0 Å². The molecule has 0 radical (unpaired) electrons. The molecule has 2 N–H and O–H groups in total. The standard InChI is InChI=1S/C19H15FN2O3S/c20-17-9-5-7-15(13-17)14-6-4-8-16(12-14)19(23)21-22-26(24,25)18-10-2-1-3-11-18/h1-13,22H,(H,21,23). The molecule has 0 saturated heterocycles. The summed E-state index contributed by atoms with van der Waals surface area (Å²) in [4.78, 5) is 14.4. The molecule has 1 amide bonds. The van der Waals surface area contributed by atoms with Crippen molar-refractivity contribution in [1.29, 1.82) is 0 Å². The number of halogens is 1. The molecule has 0 bridgehead atoms. The van der Waals surface area contributed by atoms with Gasteiger partial charge in [0.1, 0.15) is 5.82 Å². The largest absolute Gasteiger partial charge is 0.273 e. The van der Waals surface area contributed by atoms with E-state index in [0.29, 0.717) is 11.1 Å². The van der Waals surface area contributed by atoms with Crippen molar-refractivity contribution < 1.29 is 17.6 Å². The zero-order valence-electron chi connectivity index (χ0n) is 13.5. The van der Waals surface area contributed by atoms with Crippen LogP contribution in [0.1, 0.15) is 10.4 Å². The topological polar surface area (TPSA) is 75.3 Å². The quantitative estimate of drug-likeness (QED) is 0.678. The summed E-state index contributed by atoms with van der Waals surface area (Å²) in [7, 11) is -3.86. The highest BCUT2D eigenvalue weighted by Crippen LogP contribution is 2.21. The Morgan fingerprint density at radius 1 is 0.808 bits per heavy atom. The molecule has 0 spiro atoms. The van der Waals surface area contributed by atoms with E-state index in [9.17, 15) is 17.6 Å². The number of nitrogens with one attached hydrogen (secondary N) is 2. The molecule has 0 unspecified atom stereocenters. The summed E-state index contributed by atoms with van der Waals surface area (Å²) in [5.41, 5.74) is 3.67. The lowest BCUT2D eigenvalue weighted by atomic mass is 10.0. The number of hydrogen-bond acceptors (Lipinski definition) is 3. The van der Waals surface area contributed by atoms with Crippen LogP contribution in [0.15, 0.2) is 83.8 Å². The van der Waals surface area contributed by atoms with Crippen LogP contribution in [0.4, 0.5) is 4.39 Å². The van der Waals surface area contributed by atoms with Crippen LogP contribution in [-0.4, -0.2) is 14.3 Å². The maximum atomic E-state index is 13.4. The van der Waals surface area contributed by atoms with E-state index in [1.54, 1.807) is 48.5 Å². The van der Waals surface area contributed by atoms with Crippen molar-refractivity contribution in [2.75, 3.05) is 0 Å². The lowest BCUT2D eigenvalue weighted by Crippen LogP contribution is -2.41. The number of carbonyl (C=O) groups is 1. The fraction of sp³-hybridized carbons (Fsp3) is 0. The highest BCUT2D eigenvalue weighted by Gasteiger charge is 2.15. The SMILES string of the molecule is O=C(NNS(=O)(=O)c1ccccc1)c1cccc(-c2cccc(F)c2)c1. The smallest absolute Gasteiger partial charge is 0.266 e. The van der Waals surface area contributed by atoms with Gasteiger partial charge in [0.15, 0.2) is 0 Å². The van der Waals surface area contributed by atoms with E-state index in [2.05, 4.69) is 10.3 Å². The van der Waals surface area contributed by atoms with E-state index < -0.39 is 15.9 Å². The second-order valence-electron chi connectivity index (χ2n) is 5.46. The fourth-order valence-electron chi connectivity index (χ4n) is 2.35. The third-order valence-electron chi connectivity index (χ3n) is 3.64. The molecule has 0 aliphatic carbocycles. The second-order valence-corrected chi connectivity index (χ2v) is 7.15. The molecule has 0 heterocycles. The predicted molar refractivity (Wildman–Crippen MR) is 96.1 cm³/mol. The highest BCUT2D eigenvalue weighted by atomic mass is 32.2. The van der Waals surface area contributed by atoms with E-state index in [1.807, 2.05) is 0 Å². The first-order valence-electron chi connectivity index (χ1n) is 7.69. The maximum Gasteiger partial charge on any atom is 0.266 e. The Morgan fingerprint density at radius 2 is 1.46 bits per heavy atom. The van der Waals surface area contributed by atoms with Crippen molar-refractivity contribution in [2.24, 2.45) is 0 Å². The fourth-order valence-corrected chi connectivity index (χ4v) is 3.21. The average molecular weight is 370 g/mol. The average Bonchev–Trinajstić information content (AvgIpc) is 2.67. The summed E-state index contributed by atoms with van der Waals surface area (Å²) in [5, 5.41) is 0. The van der Waals surface area contributed by atoms with Crippen LogP contribution in [0.5, 0.6) is 0 Å². The van der Waals surface area contributed by atoms with Crippen molar-refractivity contribution >= 4 is 15.9 Å². The van der Waals surface area contributed by atoms with Gasteiger partial charge in [-0.15, -0.1) is 4.83 Å². The van der Waals surface area contributed by atoms with Crippen LogP contribution in [-0.2, 0) is 10.0 Å². The predicted octanol–water partition coefficient (Wildman–Crippen LogP) is 3.12. The molecular formula is C19H15FN2O3S. The van der Waals surface area contributed by atoms with Crippen LogP contribution >= 0.6 is 0 Å².